The van der Waals surface area contributed by atoms with Gasteiger partial charge in [0.1, 0.15) is 23.8 Å². The van der Waals surface area contributed by atoms with E-state index in [1.54, 1.807) is 20.8 Å². The molecule has 2 aromatic heterocycles. The highest BCUT2D eigenvalue weighted by atomic mass is 16.6. The number of ether oxygens (including phenoxy) is 2. The average Bonchev–Trinajstić information content (AvgIpc) is 3.68. The van der Waals surface area contributed by atoms with Crippen LogP contribution in [0.1, 0.15) is 54.8 Å². The third-order valence-corrected chi connectivity index (χ3v) is 7.42. The molecule has 45 heavy (non-hydrogen) atoms. The molecule has 2 aromatic carbocycles. The van der Waals surface area contributed by atoms with E-state index in [0.717, 1.165) is 16.7 Å². The normalized spacial score (nSPS) is 13.9. The van der Waals surface area contributed by atoms with E-state index in [1.807, 2.05) is 54.6 Å². The van der Waals surface area contributed by atoms with Crippen LogP contribution in [0, 0.1) is 18.3 Å². The number of hydrogen-bond acceptors (Lipinski definition) is 11. The topological polar surface area (TPSA) is 193 Å². The number of carbonyl (C=O) groups is 3. The van der Waals surface area contributed by atoms with Gasteiger partial charge in [0, 0.05) is 6.04 Å². The van der Waals surface area contributed by atoms with Crippen LogP contribution in [0.5, 0.6) is 0 Å². The Labute approximate surface area is 259 Å². The summed E-state index contributed by atoms with van der Waals surface area (Å²) in [4.78, 5) is 50.9. The van der Waals surface area contributed by atoms with E-state index in [0.29, 0.717) is 6.42 Å². The predicted octanol–water partition coefficient (Wildman–Crippen LogP) is 3.33. The Morgan fingerprint density at radius 1 is 1.02 bits per heavy atom. The van der Waals surface area contributed by atoms with Crippen LogP contribution in [-0.4, -0.2) is 51.9 Å². The minimum atomic E-state index is -1.46. The van der Waals surface area contributed by atoms with Crippen LogP contribution in [0.15, 0.2) is 74.4 Å². The van der Waals surface area contributed by atoms with Crippen LogP contribution in [0.2, 0.25) is 0 Å². The summed E-state index contributed by atoms with van der Waals surface area (Å²) in [6, 6.07) is 16.2. The van der Waals surface area contributed by atoms with E-state index in [-0.39, 0.29) is 42.8 Å². The highest BCUT2D eigenvalue weighted by molar-refractivity contribution is 5.92. The molecule has 4 rings (SSSR count). The smallest absolute Gasteiger partial charge is 0.463 e. The lowest BCUT2D eigenvalue weighted by molar-refractivity contribution is -0.166. The predicted molar refractivity (Wildman–Crippen MR) is 161 cm³/mol. The van der Waals surface area contributed by atoms with Crippen molar-refractivity contribution >= 4 is 17.8 Å². The van der Waals surface area contributed by atoms with E-state index in [1.165, 1.54) is 13.1 Å². The quantitative estimate of drug-likeness (QED) is 0.175. The van der Waals surface area contributed by atoms with Crippen molar-refractivity contribution < 1.29 is 32.7 Å². The lowest BCUT2D eigenvalue weighted by Gasteiger charge is -2.32. The summed E-state index contributed by atoms with van der Waals surface area (Å²) in [5.74, 6) is -2.83. The summed E-state index contributed by atoms with van der Waals surface area (Å²) >= 11 is 0. The van der Waals surface area contributed by atoms with Gasteiger partial charge in [-0.05, 0) is 49.3 Å². The number of nitrogens with zero attached hydrogens (tertiary/aromatic N) is 2. The fourth-order valence-corrected chi connectivity index (χ4v) is 4.65. The van der Waals surface area contributed by atoms with E-state index >= 15 is 0 Å². The Morgan fingerprint density at radius 3 is 2.31 bits per heavy atom. The number of aryl methyl sites for hydroxylation is 1. The van der Waals surface area contributed by atoms with Crippen molar-refractivity contribution in [2.45, 2.75) is 59.2 Å². The minimum Gasteiger partial charge on any atom is -0.463 e. The van der Waals surface area contributed by atoms with Crippen molar-refractivity contribution in [2.75, 3.05) is 6.61 Å². The number of aromatic amines is 1. The van der Waals surface area contributed by atoms with Gasteiger partial charge in [-0.2, -0.15) is 0 Å². The zero-order valence-corrected chi connectivity index (χ0v) is 25.6. The highest BCUT2D eigenvalue weighted by Gasteiger charge is 2.40. The molecule has 3 atom stereocenters. The fourth-order valence-electron chi connectivity index (χ4n) is 4.65. The van der Waals surface area contributed by atoms with Gasteiger partial charge < -0.3 is 29.4 Å². The summed E-state index contributed by atoms with van der Waals surface area (Å²) in [6.45, 7) is 5.85. The molecule has 0 aliphatic heterocycles. The molecular weight excluding hydrogens is 582 g/mol. The van der Waals surface area contributed by atoms with Crippen LogP contribution in [-0.2, 0) is 32.1 Å². The molecule has 0 spiro atoms. The van der Waals surface area contributed by atoms with Gasteiger partial charge in [0.25, 0.3) is 5.91 Å². The van der Waals surface area contributed by atoms with E-state index in [4.69, 9.17) is 24.0 Å². The van der Waals surface area contributed by atoms with E-state index in [9.17, 15) is 19.2 Å². The number of nitrogens with two attached hydrogens (primary N) is 1. The van der Waals surface area contributed by atoms with Gasteiger partial charge in [-0.1, -0.05) is 73.7 Å². The maximum Gasteiger partial charge on any atom is 0.519 e. The molecule has 4 N–H and O–H groups in total. The number of nitrogens with one attached hydrogen (secondary N) is 2. The Morgan fingerprint density at radius 2 is 1.71 bits per heavy atom. The summed E-state index contributed by atoms with van der Waals surface area (Å²) < 4.78 is 20.9. The standard InChI is InChI=1S/C32H37N5O8/c1-19(2)27(33)29(39)43-18-32(4,30(40)42-17-26-20(3)44-31(41)45-26)15-24(35-28(38)25-16-34-37-36-25)14-21-10-12-23(13-11-21)22-8-6-5-7-9-22/h5-13,16,19,24,27H,14-15,17-18,33H2,1-4H3,(H,35,38)(H,34,36,37). The summed E-state index contributed by atoms with van der Waals surface area (Å²) in [5.41, 5.74) is 7.61. The van der Waals surface area contributed by atoms with Gasteiger partial charge in [-0.3, -0.25) is 19.5 Å². The highest BCUT2D eigenvalue weighted by Crippen LogP contribution is 2.29. The van der Waals surface area contributed by atoms with E-state index < -0.39 is 41.2 Å². The number of hydrogen-bond donors (Lipinski definition) is 3. The SMILES string of the molecule is Cc1oc(=O)oc1COC(=O)C(C)(COC(=O)C(N)C(C)C)CC(Cc1ccc(-c2ccccc2)cc1)NC(=O)c1cnn[nH]1. The molecule has 0 saturated carbocycles. The second-order valence-corrected chi connectivity index (χ2v) is 11.5. The number of carbonyl (C=O) groups excluding carboxylic acids is 3. The maximum absolute atomic E-state index is 13.6. The third-order valence-electron chi connectivity index (χ3n) is 7.42. The second kappa shape index (κ2) is 14.6. The van der Waals surface area contributed by atoms with E-state index in [2.05, 4.69) is 20.7 Å². The van der Waals surface area contributed by atoms with Gasteiger partial charge in [0.15, 0.2) is 18.1 Å². The lowest BCUT2D eigenvalue weighted by Crippen LogP contribution is -2.46. The number of esters is 2. The summed E-state index contributed by atoms with van der Waals surface area (Å²) in [6.07, 6.45) is 1.60. The second-order valence-electron chi connectivity index (χ2n) is 11.5. The van der Waals surface area contributed by atoms with Crippen LogP contribution in [0.4, 0.5) is 0 Å². The number of H-pyrrole nitrogens is 1. The molecule has 13 nitrogen and oxygen atoms in total. The molecule has 0 fully saturated rings. The van der Waals surface area contributed by atoms with Gasteiger partial charge in [0.2, 0.25) is 0 Å². The fraction of sp³-hybridized carbons (Fsp3) is 0.375. The van der Waals surface area contributed by atoms with Crippen molar-refractivity contribution in [3.05, 3.63) is 94.2 Å². The number of aromatic nitrogens is 3. The van der Waals surface area contributed by atoms with Crippen LogP contribution < -0.4 is 16.9 Å². The molecule has 0 aliphatic rings. The zero-order chi connectivity index (χ0) is 32.6. The molecule has 3 unspecified atom stereocenters. The first-order chi connectivity index (χ1) is 21.4. The molecule has 238 valence electrons. The van der Waals surface area contributed by atoms with Crippen molar-refractivity contribution in [3.8, 4) is 11.1 Å². The number of rotatable bonds is 14. The molecule has 0 aliphatic carbocycles. The molecule has 2 heterocycles. The number of benzene rings is 2. The van der Waals surface area contributed by atoms with Crippen LogP contribution in [0.3, 0.4) is 0 Å². The summed E-state index contributed by atoms with van der Waals surface area (Å²) in [7, 11) is 0. The molecule has 1 amide bonds. The minimum absolute atomic E-state index is 0.00189. The molecule has 13 heteroatoms. The Balaban J connectivity index is 1.59. The number of amides is 1. The van der Waals surface area contributed by atoms with Gasteiger partial charge in [0.05, 0.1) is 6.20 Å². The van der Waals surface area contributed by atoms with Gasteiger partial charge >= 0.3 is 17.8 Å². The van der Waals surface area contributed by atoms with Crippen LogP contribution >= 0.6 is 0 Å². The van der Waals surface area contributed by atoms with Crippen molar-refractivity contribution in [3.63, 3.8) is 0 Å². The van der Waals surface area contributed by atoms with Crippen molar-refractivity contribution in [2.24, 2.45) is 17.1 Å². The first kappa shape index (κ1) is 32.9. The largest absolute Gasteiger partial charge is 0.519 e. The first-order valence-electron chi connectivity index (χ1n) is 14.5. The Bertz CT molecular complexity index is 1630. The monoisotopic (exact) mass is 619 g/mol. The maximum atomic E-state index is 13.6. The molecule has 4 aromatic rings. The van der Waals surface area contributed by atoms with Crippen molar-refractivity contribution in [1.29, 1.82) is 0 Å². The average molecular weight is 620 g/mol. The molecule has 0 saturated heterocycles. The third kappa shape index (κ3) is 8.76. The van der Waals surface area contributed by atoms with Crippen molar-refractivity contribution in [1.82, 2.24) is 20.7 Å². The molecule has 0 radical (unpaired) electrons. The first-order valence-corrected chi connectivity index (χ1v) is 14.5. The lowest BCUT2D eigenvalue weighted by atomic mass is 9.82. The van der Waals surface area contributed by atoms with Gasteiger partial charge in [-0.15, -0.1) is 5.10 Å². The Hall–Kier alpha value is -5.04. The van der Waals surface area contributed by atoms with Crippen LogP contribution in [0.25, 0.3) is 11.1 Å². The molecule has 0 bridgehead atoms. The van der Waals surface area contributed by atoms with Gasteiger partial charge in [-0.25, -0.2) is 4.79 Å². The molecular formula is C32H37N5O8. The summed E-state index contributed by atoms with van der Waals surface area (Å²) in [5, 5.41) is 12.7. The Kier molecular flexibility index (Phi) is 10.7. The zero-order valence-electron chi connectivity index (χ0n) is 25.6.